The highest BCUT2D eigenvalue weighted by molar-refractivity contribution is 7.80. The first-order valence-corrected chi connectivity index (χ1v) is 12.1. The number of anilines is 2. The van der Waals surface area contributed by atoms with Crippen LogP contribution in [0.15, 0.2) is 18.2 Å². The number of benzene rings is 1. The molecule has 174 valence electrons. The van der Waals surface area contributed by atoms with Gasteiger partial charge in [-0.2, -0.15) is 0 Å². The van der Waals surface area contributed by atoms with Gasteiger partial charge in [0.15, 0.2) is 5.11 Å². The number of rotatable bonds is 5. The van der Waals surface area contributed by atoms with Crippen molar-refractivity contribution >= 4 is 56.9 Å². The Morgan fingerprint density at radius 2 is 2.03 bits per heavy atom. The van der Waals surface area contributed by atoms with Crippen LogP contribution in [0.5, 0.6) is 0 Å². The van der Waals surface area contributed by atoms with Crippen LogP contribution in [0.3, 0.4) is 0 Å². The van der Waals surface area contributed by atoms with Gasteiger partial charge in [0.1, 0.15) is 10.7 Å². The predicted molar refractivity (Wildman–Crippen MR) is 132 cm³/mol. The third-order valence-corrected chi connectivity index (χ3v) is 7.47. The van der Waals surface area contributed by atoms with Crippen LogP contribution in [0.2, 0.25) is 0 Å². The molecule has 11 heteroatoms. The van der Waals surface area contributed by atoms with Crippen molar-refractivity contribution in [1.29, 1.82) is 0 Å². The van der Waals surface area contributed by atoms with Crippen LogP contribution >= 0.6 is 23.6 Å². The summed E-state index contributed by atoms with van der Waals surface area (Å²) in [6.07, 6.45) is 4.60. The van der Waals surface area contributed by atoms with Gasteiger partial charge in [-0.1, -0.05) is 6.92 Å². The molecule has 2 aromatic rings. The highest BCUT2D eigenvalue weighted by Crippen LogP contribution is 2.39. The summed E-state index contributed by atoms with van der Waals surface area (Å²) in [7, 11) is 0. The third kappa shape index (κ3) is 4.83. The van der Waals surface area contributed by atoms with E-state index in [4.69, 9.17) is 18.0 Å². The number of thiophene rings is 1. The molecule has 9 nitrogen and oxygen atoms in total. The minimum absolute atomic E-state index is 0.000387. The summed E-state index contributed by atoms with van der Waals surface area (Å²) in [5, 5.41) is 17.6. The van der Waals surface area contributed by atoms with E-state index >= 15 is 0 Å². The lowest BCUT2D eigenvalue weighted by molar-refractivity contribution is -0.384. The number of nitro benzene ring substituents is 1. The molecule has 0 bridgehead atoms. The Balaban J connectivity index is 1.50. The van der Waals surface area contributed by atoms with Crippen LogP contribution in [-0.4, -0.2) is 34.9 Å². The van der Waals surface area contributed by atoms with Crippen LogP contribution in [0.25, 0.3) is 0 Å². The molecule has 1 atom stereocenters. The lowest BCUT2D eigenvalue weighted by Gasteiger charge is -2.18. The molecule has 1 fully saturated rings. The van der Waals surface area contributed by atoms with Crippen molar-refractivity contribution in [3.05, 3.63) is 49.9 Å². The maximum atomic E-state index is 12.7. The van der Waals surface area contributed by atoms with E-state index in [9.17, 15) is 19.7 Å². The minimum atomic E-state index is -0.570. The zero-order chi connectivity index (χ0) is 23.7. The molecule has 2 aliphatic rings. The molecule has 1 saturated heterocycles. The van der Waals surface area contributed by atoms with E-state index in [2.05, 4.69) is 17.6 Å². The smallest absolute Gasteiger partial charge is 0.293 e. The molecular weight excluding hydrogens is 462 g/mol. The van der Waals surface area contributed by atoms with E-state index in [1.165, 1.54) is 17.4 Å². The summed E-state index contributed by atoms with van der Waals surface area (Å²) < 4.78 is 0. The van der Waals surface area contributed by atoms with E-state index < -0.39 is 16.7 Å². The molecule has 1 aliphatic heterocycles. The first-order valence-electron chi connectivity index (χ1n) is 10.8. The quantitative estimate of drug-likeness (QED) is 0.334. The molecule has 33 heavy (non-hydrogen) atoms. The Bertz CT molecular complexity index is 1140. The largest absolute Gasteiger partial charge is 0.366 e. The van der Waals surface area contributed by atoms with Gasteiger partial charge in [-0.05, 0) is 67.9 Å². The molecule has 0 radical (unpaired) electrons. The highest BCUT2D eigenvalue weighted by atomic mass is 32.1. The number of primary amides is 1. The number of amides is 2. The van der Waals surface area contributed by atoms with E-state index in [-0.39, 0.29) is 16.4 Å². The van der Waals surface area contributed by atoms with Gasteiger partial charge in [0, 0.05) is 29.6 Å². The summed E-state index contributed by atoms with van der Waals surface area (Å²) in [5.74, 6) is -0.582. The fraction of sp³-hybridized carbons (Fsp3) is 0.409. The van der Waals surface area contributed by atoms with Gasteiger partial charge in [-0.3, -0.25) is 25.0 Å². The fourth-order valence-electron chi connectivity index (χ4n) is 4.45. The fourth-order valence-corrected chi connectivity index (χ4v) is 6.13. The van der Waals surface area contributed by atoms with Crippen molar-refractivity contribution in [1.82, 2.24) is 5.32 Å². The van der Waals surface area contributed by atoms with Crippen molar-refractivity contribution in [3.63, 3.8) is 0 Å². The second kappa shape index (κ2) is 9.44. The number of carbonyl (C=O) groups is 2. The summed E-state index contributed by atoms with van der Waals surface area (Å²) in [5.41, 5.74) is 7.53. The zero-order valence-corrected chi connectivity index (χ0v) is 19.8. The summed E-state index contributed by atoms with van der Waals surface area (Å²) in [4.78, 5) is 39.0. The second-order valence-electron chi connectivity index (χ2n) is 8.48. The maximum Gasteiger partial charge on any atom is 0.293 e. The molecule has 0 unspecified atom stereocenters. The van der Waals surface area contributed by atoms with Gasteiger partial charge in [-0.15, -0.1) is 11.3 Å². The molecule has 1 aromatic carbocycles. The van der Waals surface area contributed by atoms with E-state index in [0.717, 1.165) is 55.6 Å². The Hall–Kier alpha value is -3.05. The topological polar surface area (TPSA) is 131 Å². The molecule has 4 rings (SSSR count). The monoisotopic (exact) mass is 487 g/mol. The lowest BCUT2D eigenvalue weighted by atomic mass is 9.88. The van der Waals surface area contributed by atoms with Crippen LogP contribution < -0.4 is 21.3 Å². The summed E-state index contributed by atoms with van der Waals surface area (Å²) >= 11 is 6.71. The van der Waals surface area contributed by atoms with Crippen molar-refractivity contribution in [2.45, 2.75) is 39.0 Å². The van der Waals surface area contributed by atoms with Crippen LogP contribution in [0.4, 0.5) is 16.4 Å². The van der Waals surface area contributed by atoms with E-state index in [1.807, 2.05) is 4.90 Å². The molecule has 1 aromatic heterocycles. The third-order valence-electron chi connectivity index (χ3n) is 6.09. The Kier molecular flexibility index (Phi) is 6.61. The predicted octanol–water partition coefficient (Wildman–Crippen LogP) is 3.61. The lowest BCUT2D eigenvalue weighted by Crippen LogP contribution is -2.34. The van der Waals surface area contributed by atoms with Gasteiger partial charge in [0.2, 0.25) is 0 Å². The number of carbonyl (C=O) groups excluding carboxylic acids is 2. The van der Waals surface area contributed by atoms with Crippen LogP contribution in [0, 0.1) is 16.0 Å². The second-order valence-corrected chi connectivity index (χ2v) is 10.00. The first kappa shape index (κ1) is 23.1. The number of thiocarbonyl (C=S) groups is 1. The number of hydrogen-bond acceptors (Lipinski definition) is 7. The van der Waals surface area contributed by atoms with Gasteiger partial charge in [-0.25, -0.2) is 0 Å². The molecule has 4 N–H and O–H groups in total. The molecule has 1 aliphatic carbocycles. The van der Waals surface area contributed by atoms with E-state index in [0.29, 0.717) is 22.2 Å². The molecule has 0 saturated carbocycles. The average molecular weight is 488 g/mol. The number of nitrogens with one attached hydrogen (secondary N) is 2. The van der Waals surface area contributed by atoms with Crippen molar-refractivity contribution in [3.8, 4) is 0 Å². The van der Waals surface area contributed by atoms with E-state index in [1.54, 1.807) is 12.1 Å². The summed E-state index contributed by atoms with van der Waals surface area (Å²) in [6.45, 7) is 3.68. The normalized spacial score (nSPS) is 17.4. The van der Waals surface area contributed by atoms with Crippen molar-refractivity contribution in [2.75, 3.05) is 23.3 Å². The van der Waals surface area contributed by atoms with Gasteiger partial charge >= 0.3 is 0 Å². The highest BCUT2D eigenvalue weighted by Gasteiger charge is 2.28. The first-order chi connectivity index (χ1) is 15.7. The average Bonchev–Trinajstić information content (AvgIpc) is 3.40. The van der Waals surface area contributed by atoms with Crippen LogP contribution in [-0.2, 0) is 12.8 Å². The molecule has 2 amide bonds. The minimum Gasteiger partial charge on any atom is -0.366 e. The standard InChI is InChI=1S/C22H25N5O4S2/c1-12-4-6-14-17(10-12)33-21(18(14)19(23)28)25-22(32)24-20(29)13-5-7-15(16(11-13)27(30)31)26-8-2-3-9-26/h5,7,11-12H,2-4,6,8-10H2,1H3,(H2,23,28)(H2,24,25,29,32)/t12-/m1/s1. The maximum absolute atomic E-state index is 12.7. The number of hydrogen-bond donors (Lipinski definition) is 3. The van der Waals surface area contributed by atoms with Crippen LogP contribution in [0.1, 0.15) is 57.3 Å². The number of nitrogens with zero attached hydrogens (tertiary/aromatic N) is 2. The number of nitro groups is 1. The summed E-state index contributed by atoms with van der Waals surface area (Å²) in [6, 6.07) is 4.43. The van der Waals surface area contributed by atoms with Crippen molar-refractivity contribution in [2.24, 2.45) is 11.7 Å². The Morgan fingerprint density at radius 1 is 1.30 bits per heavy atom. The number of fused-ring (bicyclic) bond motifs is 1. The Labute approximate surface area is 200 Å². The van der Waals surface area contributed by atoms with Gasteiger partial charge < -0.3 is 16.0 Å². The molecule has 0 spiro atoms. The molecular formula is C22H25N5O4S2. The zero-order valence-electron chi connectivity index (χ0n) is 18.2. The van der Waals surface area contributed by atoms with Gasteiger partial charge in [0.05, 0.1) is 10.5 Å². The van der Waals surface area contributed by atoms with Crippen molar-refractivity contribution < 1.29 is 14.5 Å². The SMILES string of the molecule is C[C@@H]1CCc2c(sc(NC(=S)NC(=O)c3ccc(N4CCCC4)c([N+](=O)[O-])c3)c2C(N)=O)C1. The van der Waals surface area contributed by atoms with Gasteiger partial charge in [0.25, 0.3) is 17.5 Å². The molecule has 2 heterocycles. The Morgan fingerprint density at radius 3 is 2.70 bits per heavy atom. The number of nitrogens with two attached hydrogens (primary N) is 1.